The van der Waals surface area contributed by atoms with Crippen molar-refractivity contribution in [2.45, 2.75) is 131 Å². The molecule has 0 bridgehead atoms. The van der Waals surface area contributed by atoms with Crippen LogP contribution in [0.25, 0.3) is 0 Å². The minimum Gasteiger partial charge on any atom is -0.467 e. The summed E-state index contributed by atoms with van der Waals surface area (Å²) in [6.07, 6.45) is 17.0. The fraction of sp³-hybridized carbons (Fsp3) is 0.710. The first-order valence-corrected chi connectivity index (χ1v) is 15.3. The molecule has 1 aromatic carbocycles. The zero-order valence-corrected chi connectivity index (χ0v) is 25.1. The minimum absolute atomic E-state index is 0.0193. The van der Waals surface area contributed by atoms with Gasteiger partial charge in [0.2, 0.25) is 5.91 Å². The molecule has 0 unspecified atom stereocenters. The molecule has 1 atom stereocenters. The first kappa shape index (κ1) is 33.2. The number of nitrogens with zero attached hydrogens (tertiary/aromatic N) is 1. The van der Waals surface area contributed by atoms with Crippen molar-refractivity contribution in [1.29, 1.82) is 0 Å². The lowest BCUT2D eigenvalue weighted by Crippen LogP contribution is -2.46. The van der Waals surface area contributed by atoms with Gasteiger partial charge < -0.3 is 4.74 Å². The Labute approximate surface area is 230 Å². The van der Waals surface area contributed by atoms with Crippen molar-refractivity contribution in [3.63, 3.8) is 0 Å². The molecule has 0 aliphatic heterocycles. The molecule has 1 aromatic rings. The van der Waals surface area contributed by atoms with E-state index >= 15 is 0 Å². The summed E-state index contributed by atoms with van der Waals surface area (Å²) in [5.74, 6) is -0.707. The van der Waals surface area contributed by atoms with Gasteiger partial charge in [-0.25, -0.2) is 4.79 Å². The summed E-state index contributed by atoms with van der Waals surface area (Å²) in [5, 5.41) is 0.0415. The van der Waals surface area contributed by atoms with Crippen LogP contribution in [0.4, 0.5) is 5.69 Å². The molecule has 0 heterocycles. The van der Waals surface area contributed by atoms with E-state index in [1.165, 1.54) is 82.6 Å². The Bertz CT molecular complexity index is 839. The number of ether oxygens (including phenoxy) is 1. The fourth-order valence-electron chi connectivity index (χ4n) is 4.69. The molecule has 0 N–H and O–H groups in total. The molecule has 0 aliphatic carbocycles. The molecule has 1 amide bonds. The number of esters is 1. The number of hydrogen-bond donors (Lipinski definition) is 0. The van der Waals surface area contributed by atoms with Gasteiger partial charge in [0.15, 0.2) is 5.12 Å². The topological polar surface area (TPSA) is 63.7 Å². The molecule has 0 saturated carbocycles. The van der Waals surface area contributed by atoms with E-state index in [4.69, 9.17) is 4.74 Å². The maximum Gasteiger partial charge on any atom is 0.328 e. The third kappa shape index (κ3) is 12.5. The molecule has 5 nitrogen and oxygen atoms in total. The highest BCUT2D eigenvalue weighted by Gasteiger charge is 2.30. The number of methoxy groups -OCH3 is 1. The van der Waals surface area contributed by atoms with Gasteiger partial charge in [-0.2, -0.15) is 0 Å². The Kier molecular flexibility index (Phi) is 17.3. The fourth-order valence-corrected chi connectivity index (χ4v) is 5.40. The lowest BCUT2D eigenvalue weighted by molar-refractivity contribution is -0.142. The van der Waals surface area contributed by atoms with Crippen LogP contribution in [-0.4, -0.2) is 35.9 Å². The van der Waals surface area contributed by atoms with Crippen molar-refractivity contribution >= 4 is 34.4 Å². The van der Waals surface area contributed by atoms with Crippen LogP contribution in [-0.2, 0) is 19.1 Å². The highest BCUT2D eigenvalue weighted by Crippen LogP contribution is 2.30. The second-order valence-corrected chi connectivity index (χ2v) is 11.3. The maximum absolute atomic E-state index is 13.3. The van der Waals surface area contributed by atoms with Gasteiger partial charge in [0, 0.05) is 6.42 Å². The van der Waals surface area contributed by atoms with Crippen molar-refractivity contribution < 1.29 is 19.1 Å². The minimum atomic E-state index is -0.770. The number of aryl methyl sites for hydroxylation is 2. The maximum atomic E-state index is 13.3. The molecular formula is C31H51NO4S. The largest absolute Gasteiger partial charge is 0.467 e. The smallest absolute Gasteiger partial charge is 0.328 e. The summed E-state index contributed by atoms with van der Waals surface area (Å²) >= 11 is 1.06. The predicted octanol–water partition coefficient (Wildman–Crippen LogP) is 8.25. The van der Waals surface area contributed by atoms with E-state index in [2.05, 4.69) is 6.92 Å². The van der Waals surface area contributed by atoms with Gasteiger partial charge in [-0.15, -0.1) is 0 Å². The number of amides is 1. The highest BCUT2D eigenvalue weighted by molar-refractivity contribution is 8.14. The molecule has 0 fully saturated rings. The number of anilines is 1. The second-order valence-electron chi connectivity index (χ2n) is 10.3. The summed E-state index contributed by atoms with van der Waals surface area (Å²) in [6, 6.07) is 3.19. The standard InChI is InChI=1S/C31H51NO4S/c1-7-8-9-10-11-12-13-14-15-16-17-18-19-20-29(34)37-23-28(33)32(27(5)31(35)36-6)30-25(3)22-21-24(2)26(30)4/h21-22,27H,7-20,23H2,1-6H3/t27-/m0/s1. The lowest BCUT2D eigenvalue weighted by Gasteiger charge is -2.31. The average Bonchev–Trinajstić information content (AvgIpc) is 2.89. The number of benzene rings is 1. The monoisotopic (exact) mass is 533 g/mol. The molecule has 37 heavy (non-hydrogen) atoms. The zero-order valence-electron chi connectivity index (χ0n) is 24.3. The molecule has 0 spiro atoms. The van der Waals surface area contributed by atoms with Crippen LogP contribution in [0.5, 0.6) is 0 Å². The normalized spacial score (nSPS) is 11.8. The highest BCUT2D eigenvalue weighted by atomic mass is 32.2. The summed E-state index contributed by atoms with van der Waals surface area (Å²) in [7, 11) is 1.32. The van der Waals surface area contributed by atoms with E-state index < -0.39 is 12.0 Å². The Hall–Kier alpha value is -1.82. The van der Waals surface area contributed by atoms with Crippen molar-refractivity contribution in [2.75, 3.05) is 17.8 Å². The third-order valence-corrected chi connectivity index (χ3v) is 8.10. The van der Waals surface area contributed by atoms with Crippen LogP contribution in [0.15, 0.2) is 12.1 Å². The third-order valence-electron chi connectivity index (χ3n) is 7.18. The quantitative estimate of drug-likeness (QED) is 0.132. The lowest BCUT2D eigenvalue weighted by atomic mass is 10.0. The summed E-state index contributed by atoms with van der Waals surface area (Å²) < 4.78 is 4.92. The SMILES string of the molecule is CCCCCCCCCCCCCCCC(=O)SCC(=O)N(c1c(C)ccc(C)c1C)[C@@H](C)C(=O)OC. The Balaban J connectivity index is 2.39. The summed E-state index contributed by atoms with van der Waals surface area (Å²) in [4.78, 5) is 39.6. The van der Waals surface area contributed by atoms with Crippen LogP contribution in [0, 0.1) is 20.8 Å². The van der Waals surface area contributed by atoms with E-state index in [-0.39, 0.29) is 16.8 Å². The van der Waals surface area contributed by atoms with Gasteiger partial charge in [0.05, 0.1) is 18.6 Å². The van der Waals surface area contributed by atoms with E-state index in [9.17, 15) is 14.4 Å². The Morgan fingerprint density at radius 2 is 1.30 bits per heavy atom. The number of rotatable bonds is 19. The number of unbranched alkanes of at least 4 members (excludes halogenated alkanes) is 12. The number of carbonyl (C=O) groups is 3. The van der Waals surface area contributed by atoms with Gasteiger partial charge in [-0.05, 0) is 50.8 Å². The van der Waals surface area contributed by atoms with Crippen molar-refractivity contribution in [2.24, 2.45) is 0 Å². The van der Waals surface area contributed by atoms with Crippen LogP contribution >= 0.6 is 11.8 Å². The molecule has 0 radical (unpaired) electrons. The van der Waals surface area contributed by atoms with Crippen LogP contribution < -0.4 is 4.90 Å². The zero-order chi connectivity index (χ0) is 27.6. The summed E-state index contributed by atoms with van der Waals surface area (Å²) in [6.45, 7) is 9.80. The molecular weight excluding hydrogens is 482 g/mol. The van der Waals surface area contributed by atoms with E-state index in [1.807, 2.05) is 32.9 Å². The molecule has 6 heteroatoms. The first-order chi connectivity index (χ1) is 17.7. The van der Waals surface area contributed by atoms with Crippen LogP contribution in [0.3, 0.4) is 0 Å². The predicted molar refractivity (Wildman–Crippen MR) is 157 cm³/mol. The van der Waals surface area contributed by atoms with Crippen LogP contribution in [0.2, 0.25) is 0 Å². The van der Waals surface area contributed by atoms with Gasteiger partial charge in [0.1, 0.15) is 6.04 Å². The van der Waals surface area contributed by atoms with Gasteiger partial charge in [0.25, 0.3) is 0 Å². The van der Waals surface area contributed by atoms with Crippen molar-refractivity contribution in [3.8, 4) is 0 Å². The number of hydrogen-bond acceptors (Lipinski definition) is 5. The molecule has 1 rings (SSSR count). The second kappa shape index (κ2) is 19.3. The molecule has 210 valence electrons. The van der Waals surface area contributed by atoms with Crippen LogP contribution in [0.1, 0.15) is 120 Å². The molecule has 0 aliphatic rings. The van der Waals surface area contributed by atoms with E-state index in [0.717, 1.165) is 47.0 Å². The first-order valence-electron chi connectivity index (χ1n) is 14.4. The average molecular weight is 534 g/mol. The number of thioether (sulfide) groups is 1. The van der Waals surface area contributed by atoms with E-state index in [1.54, 1.807) is 6.92 Å². The van der Waals surface area contributed by atoms with E-state index in [0.29, 0.717) is 6.42 Å². The van der Waals surface area contributed by atoms with Crippen molar-refractivity contribution in [1.82, 2.24) is 0 Å². The Morgan fingerprint density at radius 1 is 0.811 bits per heavy atom. The van der Waals surface area contributed by atoms with Gasteiger partial charge >= 0.3 is 5.97 Å². The molecule has 0 aromatic heterocycles. The number of carbonyl (C=O) groups excluding carboxylic acids is 3. The molecule has 0 saturated heterocycles. The Morgan fingerprint density at radius 3 is 1.81 bits per heavy atom. The van der Waals surface area contributed by atoms with Gasteiger partial charge in [-0.3, -0.25) is 14.5 Å². The summed E-state index contributed by atoms with van der Waals surface area (Å²) in [5.41, 5.74) is 3.64. The van der Waals surface area contributed by atoms with Crippen molar-refractivity contribution in [3.05, 3.63) is 28.8 Å². The van der Waals surface area contributed by atoms with Gasteiger partial charge in [-0.1, -0.05) is 108 Å².